The average molecular weight is 274 g/mol. The first kappa shape index (κ1) is 11.7. The van der Waals surface area contributed by atoms with E-state index < -0.39 is 10.1 Å². The summed E-state index contributed by atoms with van der Waals surface area (Å²) in [7, 11) is -3.85. The molecule has 3 rings (SSSR count). The molecule has 5 nitrogen and oxygen atoms in total. The number of para-hydroxylation sites is 2. The molecular formula is C13H10N2O3S. The summed E-state index contributed by atoms with van der Waals surface area (Å²) >= 11 is 0. The SMILES string of the molecule is O=S(=O)(On1cnc2ccccc21)c1ccccc1. The van der Waals surface area contributed by atoms with Crippen molar-refractivity contribution in [2.45, 2.75) is 4.90 Å². The molecule has 19 heavy (non-hydrogen) atoms. The van der Waals surface area contributed by atoms with Crippen molar-refractivity contribution in [1.29, 1.82) is 0 Å². The largest absolute Gasteiger partial charge is 0.357 e. The van der Waals surface area contributed by atoms with Crippen LogP contribution in [0.15, 0.2) is 65.8 Å². The maximum atomic E-state index is 12.1. The van der Waals surface area contributed by atoms with Crippen LogP contribution in [-0.2, 0) is 10.1 Å². The predicted octanol–water partition coefficient (Wildman–Crippen LogP) is 1.85. The highest BCUT2D eigenvalue weighted by Gasteiger charge is 2.17. The molecule has 1 aromatic heterocycles. The van der Waals surface area contributed by atoms with Gasteiger partial charge in [0, 0.05) is 0 Å². The molecular weight excluding hydrogens is 264 g/mol. The van der Waals surface area contributed by atoms with Crippen LogP contribution in [0.25, 0.3) is 11.0 Å². The van der Waals surface area contributed by atoms with Crippen LogP contribution >= 0.6 is 0 Å². The summed E-state index contributed by atoms with van der Waals surface area (Å²) in [6.07, 6.45) is 1.34. The van der Waals surface area contributed by atoms with Crippen molar-refractivity contribution in [1.82, 2.24) is 9.71 Å². The highest BCUT2D eigenvalue weighted by atomic mass is 32.2. The van der Waals surface area contributed by atoms with Crippen LogP contribution < -0.4 is 4.28 Å². The molecule has 0 saturated heterocycles. The molecule has 96 valence electrons. The lowest BCUT2D eigenvalue weighted by molar-refractivity contribution is 0.290. The van der Waals surface area contributed by atoms with E-state index in [-0.39, 0.29) is 4.90 Å². The summed E-state index contributed by atoms with van der Waals surface area (Å²) in [4.78, 5) is 4.17. The van der Waals surface area contributed by atoms with Gasteiger partial charge in [-0.15, -0.1) is 0 Å². The van der Waals surface area contributed by atoms with E-state index in [1.165, 1.54) is 18.5 Å². The highest BCUT2D eigenvalue weighted by Crippen LogP contribution is 2.14. The van der Waals surface area contributed by atoms with E-state index in [4.69, 9.17) is 4.28 Å². The number of benzene rings is 2. The molecule has 0 amide bonds. The van der Waals surface area contributed by atoms with Crippen molar-refractivity contribution in [2.24, 2.45) is 0 Å². The smallest absolute Gasteiger partial charge is 0.282 e. The number of nitrogens with zero attached hydrogens (tertiary/aromatic N) is 2. The molecule has 0 bridgehead atoms. The lowest BCUT2D eigenvalue weighted by Gasteiger charge is -2.07. The maximum absolute atomic E-state index is 12.1. The Hall–Kier alpha value is -2.34. The Balaban J connectivity index is 2.02. The van der Waals surface area contributed by atoms with E-state index in [1.807, 2.05) is 6.07 Å². The summed E-state index contributed by atoms with van der Waals surface area (Å²) in [5.74, 6) is 0. The van der Waals surface area contributed by atoms with E-state index in [9.17, 15) is 8.42 Å². The molecule has 0 saturated carbocycles. The zero-order valence-electron chi connectivity index (χ0n) is 9.80. The van der Waals surface area contributed by atoms with E-state index in [0.717, 1.165) is 4.73 Å². The van der Waals surface area contributed by atoms with Gasteiger partial charge in [-0.25, -0.2) is 4.98 Å². The molecule has 6 heteroatoms. The molecule has 0 fully saturated rings. The van der Waals surface area contributed by atoms with Crippen LogP contribution in [0.3, 0.4) is 0 Å². The highest BCUT2D eigenvalue weighted by molar-refractivity contribution is 7.87. The van der Waals surface area contributed by atoms with Gasteiger partial charge in [0.25, 0.3) is 0 Å². The summed E-state index contributed by atoms with van der Waals surface area (Å²) in [6, 6.07) is 15.1. The van der Waals surface area contributed by atoms with Gasteiger partial charge in [-0.1, -0.05) is 30.3 Å². The first-order valence-electron chi connectivity index (χ1n) is 5.59. The first-order chi connectivity index (χ1) is 9.17. The van der Waals surface area contributed by atoms with Crippen LogP contribution in [0, 0.1) is 0 Å². The molecule has 0 unspecified atom stereocenters. The van der Waals surface area contributed by atoms with Gasteiger partial charge < -0.3 is 0 Å². The average Bonchev–Trinajstić information content (AvgIpc) is 2.83. The zero-order chi connectivity index (χ0) is 13.3. The number of rotatable bonds is 3. The number of hydrogen-bond donors (Lipinski definition) is 0. The standard InChI is InChI=1S/C13H10N2O3S/c16-19(17,11-6-2-1-3-7-11)18-15-10-14-12-8-4-5-9-13(12)15/h1-10H. The quantitative estimate of drug-likeness (QED) is 0.731. The van der Waals surface area contributed by atoms with Crippen molar-refractivity contribution in [3.05, 3.63) is 60.9 Å². The molecule has 2 aromatic carbocycles. The van der Waals surface area contributed by atoms with E-state index >= 15 is 0 Å². The van der Waals surface area contributed by atoms with Crippen molar-refractivity contribution >= 4 is 21.2 Å². The monoisotopic (exact) mass is 274 g/mol. The number of aromatic nitrogens is 2. The second-order valence-electron chi connectivity index (χ2n) is 3.90. The number of fused-ring (bicyclic) bond motifs is 1. The van der Waals surface area contributed by atoms with Gasteiger partial charge in [0.1, 0.15) is 16.7 Å². The van der Waals surface area contributed by atoms with E-state index in [1.54, 1.807) is 36.4 Å². The molecule has 1 heterocycles. The fourth-order valence-corrected chi connectivity index (χ4v) is 2.64. The van der Waals surface area contributed by atoms with Crippen LogP contribution in [0.4, 0.5) is 0 Å². The van der Waals surface area contributed by atoms with Crippen molar-refractivity contribution in [2.75, 3.05) is 0 Å². The van der Waals surface area contributed by atoms with Crippen LogP contribution in [-0.4, -0.2) is 18.1 Å². The third-order valence-electron chi connectivity index (χ3n) is 2.63. The van der Waals surface area contributed by atoms with E-state index in [2.05, 4.69) is 4.98 Å². The second kappa shape index (κ2) is 4.40. The van der Waals surface area contributed by atoms with Gasteiger partial charge in [-0.2, -0.15) is 13.1 Å². The third-order valence-corrected chi connectivity index (χ3v) is 3.84. The fraction of sp³-hybridized carbons (Fsp3) is 0. The molecule has 0 N–H and O–H groups in total. The lowest BCUT2D eigenvalue weighted by atomic mass is 10.3. The fourth-order valence-electron chi connectivity index (χ4n) is 1.73. The minimum Gasteiger partial charge on any atom is -0.282 e. The molecule has 0 aliphatic heterocycles. The minimum absolute atomic E-state index is 0.104. The second-order valence-corrected chi connectivity index (χ2v) is 5.43. The Bertz CT molecular complexity index is 810. The Morgan fingerprint density at radius 3 is 2.42 bits per heavy atom. The van der Waals surface area contributed by atoms with Crippen molar-refractivity contribution in [3.8, 4) is 0 Å². The Morgan fingerprint density at radius 2 is 1.63 bits per heavy atom. The van der Waals surface area contributed by atoms with Crippen molar-refractivity contribution < 1.29 is 12.7 Å². The summed E-state index contributed by atoms with van der Waals surface area (Å²) in [6.45, 7) is 0. The molecule has 0 spiro atoms. The van der Waals surface area contributed by atoms with E-state index in [0.29, 0.717) is 11.0 Å². The molecule has 0 aliphatic carbocycles. The minimum atomic E-state index is -3.85. The van der Waals surface area contributed by atoms with Gasteiger partial charge >= 0.3 is 10.1 Å². The van der Waals surface area contributed by atoms with Crippen molar-refractivity contribution in [3.63, 3.8) is 0 Å². The van der Waals surface area contributed by atoms with Gasteiger partial charge in [0.05, 0.1) is 5.52 Å². The molecule has 0 aliphatic rings. The van der Waals surface area contributed by atoms with Crippen LogP contribution in [0.1, 0.15) is 0 Å². The summed E-state index contributed by atoms with van der Waals surface area (Å²) in [5.41, 5.74) is 1.27. The van der Waals surface area contributed by atoms with Gasteiger partial charge in [0.2, 0.25) is 0 Å². The Morgan fingerprint density at radius 1 is 0.947 bits per heavy atom. The van der Waals surface area contributed by atoms with Crippen LogP contribution in [0.5, 0.6) is 0 Å². The number of hydrogen-bond acceptors (Lipinski definition) is 4. The summed E-state index contributed by atoms with van der Waals surface area (Å²) in [5, 5.41) is 0. The maximum Gasteiger partial charge on any atom is 0.357 e. The predicted molar refractivity (Wildman–Crippen MR) is 69.9 cm³/mol. The Labute approximate surface area is 110 Å². The van der Waals surface area contributed by atoms with Gasteiger partial charge in [-0.3, -0.25) is 4.28 Å². The zero-order valence-corrected chi connectivity index (χ0v) is 10.6. The molecule has 3 aromatic rings. The number of imidazole rings is 1. The topological polar surface area (TPSA) is 61.2 Å². The van der Waals surface area contributed by atoms with Gasteiger partial charge in [0.15, 0.2) is 0 Å². The lowest BCUT2D eigenvalue weighted by Crippen LogP contribution is -2.19. The third kappa shape index (κ3) is 2.17. The molecule has 0 atom stereocenters. The molecule has 0 radical (unpaired) electrons. The Kier molecular flexibility index (Phi) is 2.72. The van der Waals surface area contributed by atoms with Gasteiger partial charge in [-0.05, 0) is 24.3 Å². The normalized spacial score (nSPS) is 11.6. The van der Waals surface area contributed by atoms with Crippen LogP contribution in [0.2, 0.25) is 0 Å². The first-order valence-corrected chi connectivity index (χ1v) is 7.00. The summed E-state index contributed by atoms with van der Waals surface area (Å²) < 4.78 is 30.4.